The molecule has 2 heterocycles. The van der Waals surface area contributed by atoms with Crippen LogP contribution in [0.2, 0.25) is 0 Å². The summed E-state index contributed by atoms with van der Waals surface area (Å²) in [7, 11) is 0. The average Bonchev–Trinajstić information content (AvgIpc) is 2.84. The number of ether oxygens (including phenoxy) is 2. The smallest absolute Gasteiger partial charge is 0.478 e. The van der Waals surface area contributed by atoms with Gasteiger partial charge in [-0.1, -0.05) is 6.07 Å². The normalized spacial score (nSPS) is 24.1. The highest BCUT2D eigenvalue weighted by Gasteiger charge is 2.42. The monoisotopic (exact) mass is 272 g/mol. The molecule has 4 nitrogen and oxygen atoms in total. The van der Waals surface area contributed by atoms with E-state index < -0.39 is 24.5 Å². The lowest BCUT2D eigenvalue weighted by Gasteiger charge is -2.14. The third-order valence-corrected chi connectivity index (χ3v) is 3.02. The number of rotatable bonds is 2. The highest BCUT2D eigenvalue weighted by molar-refractivity contribution is 5.89. The van der Waals surface area contributed by atoms with E-state index in [0.717, 1.165) is 6.07 Å². The standard InChI is InChI=1S/C12H7F3O4/c13-12(14,15)19-5-1-2-6-7(3-5)9-4-8(11(16)17)10(6)18-9/h1-4,9-10H,(H,16,17)/t9-,10-/m0/s1. The molecule has 1 aromatic rings. The SMILES string of the molecule is O=C(O)C1=C[C@@H]2O[C@H]1c1ccc(OC(F)(F)F)cc12. The van der Waals surface area contributed by atoms with Crippen molar-refractivity contribution in [3.05, 3.63) is 41.0 Å². The topological polar surface area (TPSA) is 55.8 Å². The second kappa shape index (κ2) is 3.74. The Morgan fingerprint density at radius 3 is 2.68 bits per heavy atom. The number of halogens is 3. The van der Waals surface area contributed by atoms with Gasteiger partial charge in [0.2, 0.25) is 0 Å². The van der Waals surface area contributed by atoms with Crippen LogP contribution in [0.4, 0.5) is 13.2 Å². The maximum Gasteiger partial charge on any atom is 0.573 e. The van der Waals surface area contributed by atoms with Crippen LogP contribution in [0.1, 0.15) is 23.3 Å². The van der Waals surface area contributed by atoms with Crippen molar-refractivity contribution >= 4 is 5.97 Å². The van der Waals surface area contributed by atoms with E-state index in [-0.39, 0.29) is 11.3 Å². The number of carboxylic acid groups (broad SMARTS) is 1. The second-order valence-corrected chi connectivity index (χ2v) is 4.20. The van der Waals surface area contributed by atoms with E-state index in [1.54, 1.807) is 0 Å². The van der Waals surface area contributed by atoms with Crippen LogP contribution in [0.3, 0.4) is 0 Å². The summed E-state index contributed by atoms with van der Waals surface area (Å²) in [6.07, 6.45) is -4.69. The predicted octanol–water partition coefficient (Wildman–Crippen LogP) is 2.72. The van der Waals surface area contributed by atoms with Crippen molar-refractivity contribution in [3.63, 3.8) is 0 Å². The van der Waals surface area contributed by atoms with Gasteiger partial charge in [0.15, 0.2) is 0 Å². The van der Waals surface area contributed by atoms with E-state index >= 15 is 0 Å². The van der Waals surface area contributed by atoms with Crippen molar-refractivity contribution in [1.82, 2.24) is 0 Å². The Morgan fingerprint density at radius 2 is 2.05 bits per heavy atom. The number of carboxylic acids is 1. The Labute approximate surface area is 105 Å². The van der Waals surface area contributed by atoms with Crippen LogP contribution < -0.4 is 4.74 Å². The Morgan fingerprint density at radius 1 is 1.32 bits per heavy atom. The van der Waals surface area contributed by atoms with Crippen LogP contribution in [0.5, 0.6) is 5.75 Å². The number of aliphatic carboxylic acids is 1. The molecule has 0 amide bonds. The van der Waals surface area contributed by atoms with Crippen molar-refractivity contribution in [2.24, 2.45) is 0 Å². The maximum atomic E-state index is 12.1. The van der Waals surface area contributed by atoms with Crippen LogP contribution >= 0.6 is 0 Å². The molecule has 0 fully saturated rings. The first kappa shape index (κ1) is 12.0. The van der Waals surface area contributed by atoms with Crippen LogP contribution in [0.25, 0.3) is 0 Å². The number of carbonyl (C=O) groups is 1. The number of hydrogen-bond donors (Lipinski definition) is 1. The summed E-state index contributed by atoms with van der Waals surface area (Å²) in [6.45, 7) is 0. The first-order valence-corrected chi connectivity index (χ1v) is 5.35. The summed E-state index contributed by atoms with van der Waals surface area (Å²) in [6, 6.07) is 3.77. The molecule has 2 atom stereocenters. The Balaban J connectivity index is 1.93. The highest BCUT2D eigenvalue weighted by Crippen LogP contribution is 2.50. The molecule has 7 heteroatoms. The van der Waals surface area contributed by atoms with Crippen molar-refractivity contribution in [3.8, 4) is 5.75 Å². The molecule has 0 radical (unpaired) electrons. The first-order chi connectivity index (χ1) is 8.85. The number of hydrogen-bond acceptors (Lipinski definition) is 3. The molecule has 2 aliphatic heterocycles. The van der Waals surface area contributed by atoms with Crippen molar-refractivity contribution in [1.29, 1.82) is 0 Å². The van der Waals surface area contributed by atoms with Gasteiger partial charge in [-0.15, -0.1) is 13.2 Å². The van der Waals surface area contributed by atoms with E-state index in [4.69, 9.17) is 9.84 Å². The zero-order chi connectivity index (χ0) is 13.8. The lowest BCUT2D eigenvalue weighted by Crippen LogP contribution is -2.17. The molecular weight excluding hydrogens is 265 g/mol. The van der Waals surface area contributed by atoms with Crippen LogP contribution in [-0.2, 0) is 9.53 Å². The minimum atomic E-state index is -4.76. The molecule has 0 unspecified atom stereocenters. The minimum absolute atomic E-state index is 0.113. The summed E-state index contributed by atoms with van der Waals surface area (Å²) < 4.78 is 45.5. The molecule has 1 aromatic carbocycles. The molecule has 19 heavy (non-hydrogen) atoms. The molecule has 100 valence electrons. The van der Waals surface area contributed by atoms with Crippen LogP contribution in [0.15, 0.2) is 29.8 Å². The van der Waals surface area contributed by atoms with E-state index in [1.165, 1.54) is 18.2 Å². The predicted molar refractivity (Wildman–Crippen MR) is 55.4 cm³/mol. The van der Waals surface area contributed by atoms with Gasteiger partial charge in [-0.2, -0.15) is 0 Å². The third kappa shape index (κ3) is 1.95. The number of fused-ring (bicyclic) bond motifs is 5. The van der Waals surface area contributed by atoms with Gasteiger partial charge < -0.3 is 14.6 Å². The zero-order valence-electron chi connectivity index (χ0n) is 9.27. The Kier molecular flexibility index (Phi) is 2.37. The van der Waals surface area contributed by atoms with Crippen LogP contribution in [-0.4, -0.2) is 17.4 Å². The van der Waals surface area contributed by atoms with Gasteiger partial charge >= 0.3 is 12.3 Å². The Hall–Kier alpha value is -2.02. The molecule has 0 spiro atoms. The van der Waals surface area contributed by atoms with Gasteiger partial charge in [-0.25, -0.2) is 4.79 Å². The molecule has 1 N–H and O–H groups in total. The summed E-state index contributed by atoms with van der Waals surface area (Å²) in [5, 5.41) is 8.95. The number of alkyl halides is 3. The summed E-state index contributed by atoms with van der Waals surface area (Å²) in [4.78, 5) is 10.9. The molecule has 0 saturated carbocycles. The molecular formula is C12H7F3O4. The fourth-order valence-corrected chi connectivity index (χ4v) is 2.33. The Bertz CT molecular complexity index is 591. The molecule has 0 saturated heterocycles. The molecule has 2 bridgehead atoms. The van der Waals surface area contributed by atoms with Crippen LogP contribution in [0, 0.1) is 0 Å². The molecule has 0 aromatic heterocycles. The van der Waals surface area contributed by atoms with Gasteiger partial charge in [0.25, 0.3) is 0 Å². The highest BCUT2D eigenvalue weighted by atomic mass is 19.4. The minimum Gasteiger partial charge on any atom is -0.478 e. The second-order valence-electron chi connectivity index (χ2n) is 4.20. The van der Waals surface area contributed by atoms with Gasteiger partial charge in [-0.3, -0.25) is 0 Å². The van der Waals surface area contributed by atoms with E-state index in [9.17, 15) is 18.0 Å². The summed E-state index contributed by atoms with van der Waals surface area (Å²) >= 11 is 0. The van der Waals surface area contributed by atoms with Gasteiger partial charge in [0, 0.05) is 0 Å². The van der Waals surface area contributed by atoms with E-state index in [0.29, 0.717) is 11.1 Å². The lowest BCUT2D eigenvalue weighted by atomic mass is 9.91. The quantitative estimate of drug-likeness (QED) is 0.899. The van der Waals surface area contributed by atoms with E-state index in [1.807, 2.05) is 0 Å². The first-order valence-electron chi connectivity index (χ1n) is 5.35. The maximum absolute atomic E-state index is 12.1. The molecule has 2 aliphatic rings. The van der Waals surface area contributed by atoms with E-state index in [2.05, 4.69) is 4.74 Å². The largest absolute Gasteiger partial charge is 0.573 e. The zero-order valence-corrected chi connectivity index (χ0v) is 9.27. The fraction of sp³-hybridized carbons (Fsp3) is 0.250. The van der Waals surface area contributed by atoms with Gasteiger partial charge in [0.05, 0.1) is 5.57 Å². The summed E-state index contributed by atoms with van der Waals surface area (Å²) in [5.74, 6) is -1.43. The van der Waals surface area contributed by atoms with Crippen molar-refractivity contribution in [2.45, 2.75) is 18.6 Å². The summed E-state index contributed by atoms with van der Waals surface area (Å²) in [5.41, 5.74) is 1.19. The lowest BCUT2D eigenvalue weighted by molar-refractivity contribution is -0.274. The van der Waals surface area contributed by atoms with Gasteiger partial charge in [0.1, 0.15) is 18.0 Å². The molecule has 0 aliphatic carbocycles. The van der Waals surface area contributed by atoms with Gasteiger partial charge in [-0.05, 0) is 29.3 Å². The third-order valence-electron chi connectivity index (χ3n) is 3.02. The number of benzene rings is 1. The molecule has 3 rings (SSSR count). The van der Waals surface area contributed by atoms with Crippen molar-refractivity contribution in [2.75, 3.05) is 0 Å². The van der Waals surface area contributed by atoms with Crippen molar-refractivity contribution < 1.29 is 32.5 Å². The average molecular weight is 272 g/mol. The fourth-order valence-electron chi connectivity index (χ4n) is 2.33.